The molecule has 1 aromatic heterocycles. The molecule has 18 heavy (non-hydrogen) atoms. The quantitative estimate of drug-likeness (QED) is 0.805. The van der Waals surface area contributed by atoms with E-state index >= 15 is 0 Å². The molecule has 94 valence electrons. The van der Waals surface area contributed by atoms with Gasteiger partial charge in [0, 0.05) is 11.6 Å². The van der Waals surface area contributed by atoms with Gasteiger partial charge in [0.05, 0.1) is 16.7 Å². The molecule has 1 aromatic carbocycles. The van der Waals surface area contributed by atoms with Crippen LogP contribution in [0.3, 0.4) is 0 Å². The standard InChI is InChI=1S/C12H9Cl2NO3/c1-2-17-12(16)10-6-11(18-15-10)7-3-4-8(13)9(14)5-7/h3-6H,2H2,1H3. The summed E-state index contributed by atoms with van der Waals surface area (Å²) in [4.78, 5) is 11.4. The molecule has 0 radical (unpaired) electrons. The Bertz CT molecular complexity index is 580. The van der Waals surface area contributed by atoms with Crippen LogP contribution in [0, 0.1) is 0 Å². The molecule has 2 aromatic rings. The van der Waals surface area contributed by atoms with Crippen molar-refractivity contribution in [2.45, 2.75) is 6.92 Å². The number of benzene rings is 1. The zero-order valence-corrected chi connectivity index (χ0v) is 11.0. The Morgan fingerprint density at radius 3 is 2.78 bits per heavy atom. The Balaban J connectivity index is 2.29. The van der Waals surface area contributed by atoms with Crippen molar-refractivity contribution in [3.05, 3.63) is 40.0 Å². The van der Waals surface area contributed by atoms with E-state index in [1.165, 1.54) is 6.07 Å². The first kappa shape index (κ1) is 12.9. The predicted molar refractivity (Wildman–Crippen MR) is 67.9 cm³/mol. The molecule has 0 spiro atoms. The number of carbonyl (C=O) groups excluding carboxylic acids is 1. The lowest BCUT2D eigenvalue weighted by atomic mass is 10.1. The smallest absolute Gasteiger partial charge is 0.360 e. The molecule has 4 nitrogen and oxygen atoms in total. The van der Waals surface area contributed by atoms with Crippen LogP contribution in [0.25, 0.3) is 11.3 Å². The van der Waals surface area contributed by atoms with E-state index in [1.54, 1.807) is 25.1 Å². The van der Waals surface area contributed by atoms with Gasteiger partial charge in [0.25, 0.3) is 0 Å². The van der Waals surface area contributed by atoms with Crippen molar-refractivity contribution in [2.24, 2.45) is 0 Å². The zero-order valence-electron chi connectivity index (χ0n) is 9.44. The highest BCUT2D eigenvalue weighted by atomic mass is 35.5. The zero-order chi connectivity index (χ0) is 13.1. The molecular weight excluding hydrogens is 277 g/mol. The van der Waals surface area contributed by atoms with Crippen LogP contribution in [-0.2, 0) is 4.74 Å². The summed E-state index contributed by atoms with van der Waals surface area (Å²) < 4.78 is 9.87. The van der Waals surface area contributed by atoms with E-state index in [4.69, 9.17) is 32.5 Å². The molecule has 0 amide bonds. The fraction of sp³-hybridized carbons (Fsp3) is 0.167. The number of carbonyl (C=O) groups is 1. The summed E-state index contributed by atoms with van der Waals surface area (Å²) in [7, 11) is 0. The molecule has 0 aliphatic carbocycles. The fourth-order valence-corrected chi connectivity index (χ4v) is 1.66. The molecule has 0 aliphatic rings. The second-order valence-corrected chi connectivity index (χ2v) is 4.24. The number of ether oxygens (including phenoxy) is 1. The summed E-state index contributed by atoms with van der Waals surface area (Å²) in [5.41, 5.74) is 0.811. The first-order valence-corrected chi connectivity index (χ1v) is 5.96. The third-order valence-electron chi connectivity index (χ3n) is 2.20. The molecule has 6 heteroatoms. The summed E-state index contributed by atoms with van der Waals surface area (Å²) in [5, 5.41) is 4.49. The van der Waals surface area contributed by atoms with Gasteiger partial charge in [-0.25, -0.2) is 4.79 Å². The van der Waals surface area contributed by atoms with E-state index in [1.807, 2.05) is 0 Å². The number of hydrogen-bond acceptors (Lipinski definition) is 4. The normalized spacial score (nSPS) is 10.4. The van der Waals surface area contributed by atoms with Crippen LogP contribution in [0.5, 0.6) is 0 Å². The third kappa shape index (κ3) is 2.66. The predicted octanol–water partition coefficient (Wildman–Crippen LogP) is 3.83. The number of hydrogen-bond donors (Lipinski definition) is 0. The topological polar surface area (TPSA) is 52.3 Å². The summed E-state index contributed by atoms with van der Waals surface area (Å²) >= 11 is 11.7. The Morgan fingerprint density at radius 2 is 2.11 bits per heavy atom. The van der Waals surface area contributed by atoms with Crippen molar-refractivity contribution < 1.29 is 14.1 Å². The highest BCUT2D eigenvalue weighted by molar-refractivity contribution is 6.42. The monoisotopic (exact) mass is 285 g/mol. The minimum absolute atomic E-state index is 0.123. The van der Waals surface area contributed by atoms with Crippen LogP contribution < -0.4 is 0 Å². The van der Waals surface area contributed by atoms with Crippen LogP contribution in [0.15, 0.2) is 28.8 Å². The average molecular weight is 286 g/mol. The van der Waals surface area contributed by atoms with E-state index in [9.17, 15) is 4.79 Å². The minimum atomic E-state index is -0.521. The van der Waals surface area contributed by atoms with E-state index in [0.717, 1.165) is 0 Å². The van der Waals surface area contributed by atoms with Gasteiger partial charge in [0.1, 0.15) is 0 Å². The van der Waals surface area contributed by atoms with E-state index in [-0.39, 0.29) is 12.3 Å². The van der Waals surface area contributed by atoms with Crippen molar-refractivity contribution in [3.8, 4) is 11.3 Å². The molecule has 0 bridgehead atoms. The Morgan fingerprint density at radius 1 is 1.33 bits per heavy atom. The molecule has 0 unspecified atom stereocenters. The Labute approximate surface area is 113 Å². The molecule has 0 aliphatic heterocycles. The number of nitrogens with zero attached hydrogens (tertiary/aromatic N) is 1. The highest BCUT2D eigenvalue weighted by Gasteiger charge is 2.15. The minimum Gasteiger partial charge on any atom is -0.461 e. The van der Waals surface area contributed by atoms with Crippen LogP contribution in [0.2, 0.25) is 10.0 Å². The Hall–Kier alpha value is -1.52. The lowest BCUT2D eigenvalue weighted by Gasteiger charge is -1.98. The van der Waals surface area contributed by atoms with Gasteiger partial charge >= 0.3 is 5.97 Å². The summed E-state index contributed by atoms with van der Waals surface area (Å²) in [6.45, 7) is 2.01. The van der Waals surface area contributed by atoms with Gasteiger partial charge in [0.15, 0.2) is 11.5 Å². The SMILES string of the molecule is CCOC(=O)c1cc(-c2ccc(Cl)c(Cl)c2)on1. The van der Waals surface area contributed by atoms with E-state index in [0.29, 0.717) is 21.4 Å². The van der Waals surface area contributed by atoms with Crippen molar-refractivity contribution in [3.63, 3.8) is 0 Å². The van der Waals surface area contributed by atoms with Crippen LogP contribution in [0.4, 0.5) is 0 Å². The molecular formula is C12H9Cl2NO3. The van der Waals surface area contributed by atoms with Crippen molar-refractivity contribution >= 4 is 29.2 Å². The largest absolute Gasteiger partial charge is 0.461 e. The van der Waals surface area contributed by atoms with Crippen molar-refractivity contribution in [1.82, 2.24) is 5.16 Å². The number of halogens is 2. The Kier molecular flexibility index (Phi) is 3.89. The maximum absolute atomic E-state index is 11.4. The molecule has 0 atom stereocenters. The molecule has 1 heterocycles. The molecule has 0 fully saturated rings. The number of aromatic nitrogens is 1. The van der Waals surface area contributed by atoms with Crippen LogP contribution in [0.1, 0.15) is 17.4 Å². The first-order valence-electron chi connectivity index (χ1n) is 5.21. The van der Waals surface area contributed by atoms with Gasteiger partial charge in [-0.05, 0) is 25.1 Å². The van der Waals surface area contributed by atoms with Gasteiger partial charge in [-0.2, -0.15) is 0 Å². The van der Waals surface area contributed by atoms with Gasteiger partial charge in [-0.15, -0.1) is 0 Å². The van der Waals surface area contributed by atoms with Gasteiger partial charge < -0.3 is 9.26 Å². The van der Waals surface area contributed by atoms with Crippen molar-refractivity contribution in [1.29, 1.82) is 0 Å². The molecule has 0 saturated carbocycles. The summed E-state index contributed by atoms with van der Waals surface area (Å²) in [5.74, 6) is -0.0934. The second-order valence-electron chi connectivity index (χ2n) is 3.43. The van der Waals surface area contributed by atoms with Gasteiger partial charge in [-0.1, -0.05) is 28.4 Å². The maximum Gasteiger partial charge on any atom is 0.360 e. The van der Waals surface area contributed by atoms with Crippen LogP contribution >= 0.6 is 23.2 Å². The third-order valence-corrected chi connectivity index (χ3v) is 2.94. The molecule has 2 rings (SSSR count). The molecule has 0 N–H and O–H groups in total. The van der Waals surface area contributed by atoms with Gasteiger partial charge in [-0.3, -0.25) is 0 Å². The van der Waals surface area contributed by atoms with E-state index in [2.05, 4.69) is 5.16 Å². The van der Waals surface area contributed by atoms with Crippen LogP contribution in [-0.4, -0.2) is 17.7 Å². The fourth-order valence-electron chi connectivity index (χ4n) is 1.36. The number of esters is 1. The lowest BCUT2D eigenvalue weighted by molar-refractivity contribution is 0.0514. The highest BCUT2D eigenvalue weighted by Crippen LogP contribution is 2.28. The second kappa shape index (κ2) is 5.42. The lowest BCUT2D eigenvalue weighted by Crippen LogP contribution is -2.04. The first-order chi connectivity index (χ1) is 8.61. The average Bonchev–Trinajstić information content (AvgIpc) is 2.82. The summed E-state index contributed by atoms with van der Waals surface area (Å²) in [6, 6.07) is 6.51. The maximum atomic E-state index is 11.4. The van der Waals surface area contributed by atoms with Gasteiger partial charge in [0.2, 0.25) is 0 Å². The van der Waals surface area contributed by atoms with E-state index < -0.39 is 5.97 Å². The summed E-state index contributed by atoms with van der Waals surface area (Å²) in [6.07, 6.45) is 0. The molecule has 0 saturated heterocycles. The number of rotatable bonds is 3. The van der Waals surface area contributed by atoms with Crippen molar-refractivity contribution in [2.75, 3.05) is 6.61 Å².